The standard InChI is InChI=1S/C50H58O6/c1-5-7-9-11-13-15-21-31-53-49(51)55-47-41-25-19-17-23-37(41)45(39-29-27-35(3)33-43(39)47)46-38-24-18-20-26-42(38)48(44-34-36(4)28-30-40(44)46)56-50(52)54-32-22-16-14-12-10-8-6-2/h17-20,23-30,33-34H,5-16,21-22,31-32H2,1-4H3. The molecule has 0 fully saturated rings. The van der Waals surface area contributed by atoms with Crippen molar-refractivity contribution in [3.05, 3.63) is 96.1 Å². The molecule has 0 aliphatic rings. The van der Waals surface area contributed by atoms with E-state index in [1.54, 1.807) is 0 Å². The molecule has 294 valence electrons. The van der Waals surface area contributed by atoms with E-state index in [9.17, 15) is 9.59 Å². The second kappa shape index (κ2) is 20.2. The summed E-state index contributed by atoms with van der Waals surface area (Å²) in [6, 6.07) is 28.7. The van der Waals surface area contributed by atoms with Gasteiger partial charge in [0.05, 0.1) is 13.2 Å². The number of ether oxygens (including phenoxy) is 4. The normalized spacial score (nSPS) is 11.4. The van der Waals surface area contributed by atoms with Gasteiger partial charge in [-0.25, -0.2) is 9.59 Å². The number of carbonyl (C=O) groups is 2. The number of aryl methyl sites for hydroxylation is 2. The first-order valence-electron chi connectivity index (χ1n) is 21.0. The highest BCUT2D eigenvalue weighted by atomic mass is 16.7. The van der Waals surface area contributed by atoms with E-state index in [1.807, 2.05) is 50.2 Å². The zero-order valence-electron chi connectivity index (χ0n) is 33.8. The lowest BCUT2D eigenvalue weighted by molar-refractivity contribution is 0.0972. The molecule has 6 rings (SSSR count). The fourth-order valence-corrected chi connectivity index (χ4v) is 7.92. The van der Waals surface area contributed by atoms with Crippen molar-refractivity contribution in [2.45, 2.75) is 118 Å². The first-order valence-corrected chi connectivity index (χ1v) is 21.0. The van der Waals surface area contributed by atoms with Gasteiger partial charge < -0.3 is 18.9 Å². The van der Waals surface area contributed by atoms with Crippen LogP contribution in [0.2, 0.25) is 0 Å². The molecule has 0 radical (unpaired) electrons. The minimum absolute atomic E-state index is 0.331. The fraction of sp³-hybridized carbons (Fsp3) is 0.400. The quantitative estimate of drug-likeness (QED) is 0.0355. The van der Waals surface area contributed by atoms with Gasteiger partial charge in [0.2, 0.25) is 0 Å². The molecule has 0 unspecified atom stereocenters. The van der Waals surface area contributed by atoms with E-state index in [0.717, 1.165) is 104 Å². The number of fused-ring (bicyclic) bond motifs is 4. The van der Waals surface area contributed by atoms with Crippen molar-refractivity contribution < 1.29 is 28.5 Å². The summed E-state index contributed by atoms with van der Waals surface area (Å²) in [5, 5.41) is 7.04. The average Bonchev–Trinajstić information content (AvgIpc) is 3.20. The third kappa shape index (κ3) is 9.82. The first kappa shape index (κ1) is 40.6. The maximum Gasteiger partial charge on any atom is 0.513 e. The molecule has 0 aliphatic heterocycles. The van der Waals surface area contributed by atoms with Crippen molar-refractivity contribution in [3.8, 4) is 22.6 Å². The Morgan fingerprint density at radius 2 is 0.750 bits per heavy atom. The molecule has 6 heteroatoms. The number of rotatable bonds is 19. The van der Waals surface area contributed by atoms with Crippen LogP contribution in [0, 0.1) is 13.8 Å². The minimum Gasteiger partial charge on any atom is -0.434 e. The highest BCUT2D eigenvalue weighted by Crippen LogP contribution is 2.50. The lowest BCUT2D eigenvalue weighted by Crippen LogP contribution is -2.12. The summed E-state index contributed by atoms with van der Waals surface area (Å²) in [6.07, 6.45) is 14.5. The molecule has 56 heavy (non-hydrogen) atoms. The molecule has 6 aromatic carbocycles. The molecule has 0 spiro atoms. The first-order chi connectivity index (χ1) is 27.4. The van der Waals surface area contributed by atoms with Gasteiger partial charge in [-0.3, -0.25) is 0 Å². The molecule has 0 atom stereocenters. The SMILES string of the molecule is CCCCCCCCCOC(=O)Oc1c2ccccc2c(-c2c3ccccc3c(OC(=O)OCCCCCCCCC)c3cc(C)ccc23)c2ccc(C)cc12. The Morgan fingerprint density at radius 3 is 1.14 bits per heavy atom. The van der Waals surface area contributed by atoms with Crippen LogP contribution in [0.4, 0.5) is 9.59 Å². The van der Waals surface area contributed by atoms with Gasteiger partial charge in [0.25, 0.3) is 0 Å². The van der Waals surface area contributed by atoms with E-state index in [4.69, 9.17) is 18.9 Å². The van der Waals surface area contributed by atoms with Crippen molar-refractivity contribution >= 4 is 55.4 Å². The van der Waals surface area contributed by atoms with Gasteiger partial charge in [-0.2, -0.15) is 0 Å². The summed E-state index contributed by atoms with van der Waals surface area (Å²) in [7, 11) is 0. The third-order valence-corrected chi connectivity index (χ3v) is 10.8. The Bertz CT molecular complexity index is 2110. The molecule has 0 saturated carbocycles. The van der Waals surface area contributed by atoms with E-state index in [1.165, 1.54) is 51.4 Å². The summed E-state index contributed by atoms with van der Waals surface area (Å²) < 4.78 is 23.5. The predicted octanol–water partition coefficient (Wildman–Crippen LogP) is 15.1. The molecule has 0 saturated heterocycles. The van der Waals surface area contributed by atoms with E-state index in [2.05, 4.69) is 62.4 Å². The van der Waals surface area contributed by atoms with Crippen molar-refractivity contribution in [1.82, 2.24) is 0 Å². The van der Waals surface area contributed by atoms with Crippen molar-refractivity contribution in [1.29, 1.82) is 0 Å². The van der Waals surface area contributed by atoms with Gasteiger partial charge in [0.1, 0.15) is 11.5 Å². The van der Waals surface area contributed by atoms with Crippen LogP contribution in [-0.4, -0.2) is 25.5 Å². The highest BCUT2D eigenvalue weighted by Gasteiger charge is 2.25. The van der Waals surface area contributed by atoms with Gasteiger partial charge in [-0.15, -0.1) is 0 Å². The monoisotopic (exact) mass is 754 g/mol. The Balaban J connectivity index is 1.37. The van der Waals surface area contributed by atoms with Crippen LogP contribution in [0.1, 0.15) is 115 Å². The van der Waals surface area contributed by atoms with E-state index < -0.39 is 12.3 Å². The van der Waals surface area contributed by atoms with Crippen LogP contribution < -0.4 is 9.47 Å². The molecular weight excluding hydrogens is 697 g/mol. The van der Waals surface area contributed by atoms with Crippen LogP contribution >= 0.6 is 0 Å². The molecule has 0 amide bonds. The number of hydrogen-bond acceptors (Lipinski definition) is 6. The van der Waals surface area contributed by atoms with Crippen LogP contribution in [0.3, 0.4) is 0 Å². The van der Waals surface area contributed by atoms with Gasteiger partial charge in [0, 0.05) is 21.5 Å². The second-order valence-corrected chi connectivity index (χ2v) is 15.2. The third-order valence-electron chi connectivity index (χ3n) is 10.8. The second-order valence-electron chi connectivity index (χ2n) is 15.2. The van der Waals surface area contributed by atoms with Crippen molar-refractivity contribution in [2.75, 3.05) is 13.2 Å². The summed E-state index contributed by atoms with van der Waals surface area (Å²) in [5.41, 5.74) is 4.11. The number of unbranched alkanes of at least 4 members (excludes halogenated alkanes) is 12. The Hall–Kier alpha value is -5.10. The Kier molecular flexibility index (Phi) is 14.6. The van der Waals surface area contributed by atoms with Crippen molar-refractivity contribution in [3.63, 3.8) is 0 Å². The highest BCUT2D eigenvalue weighted by molar-refractivity contribution is 6.27. The van der Waals surface area contributed by atoms with Crippen molar-refractivity contribution in [2.24, 2.45) is 0 Å². The van der Waals surface area contributed by atoms with Crippen LogP contribution in [0.15, 0.2) is 84.9 Å². The lowest BCUT2D eigenvalue weighted by Gasteiger charge is -2.21. The zero-order valence-corrected chi connectivity index (χ0v) is 33.8. The molecule has 6 aromatic rings. The fourth-order valence-electron chi connectivity index (χ4n) is 7.92. The van der Waals surface area contributed by atoms with E-state index >= 15 is 0 Å². The molecule has 0 aromatic heterocycles. The van der Waals surface area contributed by atoms with E-state index in [0.29, 0.717) is 24.7 Å². The smallest absolute Gasteiger partial charge is 0.434 e. The van der Waals surface area contributed by atoms with Gasteiger partial charge in [0.15, 0.2) is 0 Å². The van der Waals surface area contributed by atoms with Crippen LogP contribution in [0.5, 0.6) is 11.5 Å². The topological polar surface area (TPSA) is 71.1 Å². The lowest BCUT2D eigenvalue weighted by atomic mass is 9.85. The Labute approximate surface area is 332 Å². The van der Waals surface area contributed by atoms with Crippen LogP contribution in [0.25, 0.3) is 54.2 Å². The average molecular weight is 755 g/mol. The predicted molar refractivity (Wildman–Crippen MR) is 231 cm³/mol. The van der Waals surface area contributed by atoms with Gasteiger partial charge >= 0.3 is 12.3 Å². The number of benzene rings is 6. The Morgan fingerprint density at radius 1 is 0.411 bits per heavy atom. The molecule has 0 heterocycles. The maximum absolute atomic E-state index is 13.3. The zero-order chi connectivity index (χ0) is 39.3. The molecule has 0 bridgehead atoms. The van der Waals surface area contributed by atoms with E-state index in [-0.39, 0.29) is 0 Å². The summed E-state index contributed by atoms with van der Waals surface area (Å²) in [5.74, 6) is 0.974. The molecule has 6 nitrogen and oxygen atoms in total. The largest absolute Gasteiger partial charge is 0.513 e. The van der Waals surface area contributed by atoms with Gasteiger partial charge in [-0.1, -0.05) is 175 Å². The van der Waals surface area contributed by atoms with Crippen LogP contribution in [-0.2, 0) is 9.47 Å². The molecular formula is C50H58O6. The van der Waals surface area contributed by atoms with Gasteiger partial charge in [-0.05, 0) is 71.5 Å². The molecule has 0 aliphatic carbocycles. The minimum atomic E-state index is -0.691. The molecule has 0 N–H and O–H groups in total. The maximum atomic E-state index is 13.3. The number of hydrogen-bond donors (Lipinski definition) is 0. The summed E-state index contributed by atoms with van der Waals surface area (Å²) >= 11 is 0. The summed E-state index contributed by atoms with van der Waals surface area (Å²) in [6.45, 7) is 9.19. The number of carbonyl (C=O) groups excluding carboxylic acids is 2. The summed E-state index contributed by atoms with van der Waals surface area (Å²) in [4.78, 5) is 26.5.